The maximum Gasteiger partial charge on any atom is 0.304 e. The number of nitrogens with zero attached hydrogens (tertiary/aromatic N) is 1. The van der Waals surface area contributed by atoms with E-state index in [1.807, 2.05) is 30.0 Å². The van der Waals surface area contributed by atoms with Crippen molar-refractivity contribution in [1.29, 1.82) is 0 Å². The molecular formula is C13H19NO2S. The largest absolute Gasteiger partial charge is 0.481 e. The third-order valence-corrected chi connectivity index (χ3v) is 3.50. The molecule has 94 valence electrons. The lowest BCUT2D eigenvalue weighted by Crippen LogP contribution is -2.28. The van der Waals surface area contributed by atoms with Crippen LogP contribution in [0.2, 0.25) is 0 Å². The van der Waals surface area contributed by atoms with Gasteiger partial charge in [-0.2, -0.15) is 0 Å². The monoisotopic (exact) mass is 253 g/mol. The van der Waals surface area contributed by atoms with Crippen molar-refractivity contribution in [2.45, 2.75) is 18.2 Å². The lowest BCUT2D eigenvalue weighted by atomic mass is 10.4. The third kappa shape index (κ3) is 6.34. The number of carboxylic acid groups (broad SMARTS) is 1. The molecule has 0 bridgehead atoms. The molecule has 3 nitrogen and oxygen atoms in total. The van der Waals surface area contributed by atoms with Crippen LogP contribution in [0.15, 0.2) is 35.2 Å². The molecule has 0 aliphatic heterocycles. The summed E-state index contributed by atoms with van der Waals surface area (Å²) in [7, 11) is 0. The number of aliphatic carboxylic acids is 1. The van der Waals surface area contributed by atoms with Crippen molar-refractivity contribution >= 4 is 17.7 Å². The van der Waals surface area contributed by atoms with Crippen LogP contribution in [0.3, 0.4) is 0 Å². The molecule has 1 aromatic carbocycles. The van der Waals surface area contributed by atoms with Crippen LogP contribution in [-0.4, -0.2) is 41.4 Å². The van der Waals surface area contributed by atoms with E-state index in [2.05, 4.69) is 24.0 Å². The summed E-state index contributed by atoms with van der Waals surface area (Å²) in [5, 5.41) is 8.63. The number of benzene rings is 1. The summed E-state index contributed by atoms with van der Waals surface area (Å²) >= 11 is 1.81. The molecule has 1 aromatic rings. The van der Waals surface area contributed by atoms with Gasteiger partial charge < -0.3 is 10.0 Å². The fourth-order valence-corrected chi connectivity index (χ4v) is 2.43. The number of hydrogen-bond acceptors (Lipinski definition) is 3. The van der Waals surface area contributed by atoms with E-state index in [9.17, 15) is 4.79 Å². The Labute approximate surface area is 107 Å². The zero-order chi connectivity index (χ0) is 12.5. The van der Waals surface area contributed by atoms with Gasteiger partial charge in [0.25, 0.3) is 0 Å². The van der Waals surface area contributed by atoms with Crippen LogP contribution in [0.25, 0.3) is 0 Å². The quantitative estimate of drug-likeness (QED) is 0.723. The lowest BCUT2D eigenvalue weighted by Gasteiger charge is -2.18. The molecule has 0 aromatic heterocycles. The molecule has 0 amide bonds. The molecule has 0 aliphatic carbocycles. The molecule has 17 heavy (non-hydrogen) atoms. The van der Waals surface area contributed by atoms with E-state index in [4.69, 9.17) is 5.11 Å². The van der Waals surface area contributed by atoms with Gasteiger partial charge in [-0.05, 0) is 18.7 Å². The Morgan fingerprint density at radius 3 is 2.59 bits per heavy atom. The molecule has 0 atom stereocenters. The van der Waals surface area contributed by atoms with Crippen LogP contribution < -0.4 is 0 Å². The van der Waals surface area contributed by atoms with Crippen molar-refractivity contribution in [2.75, 3.05) is 25.4 Å². The van der Waals surface area contributed by atoms with Crippen molar-refractivity contribution in [1.82, 2.24) is 4.90 Å². The second kappa shape index (κ2) is 8.14. The van der Waals surface area contributed by atoms with Crippen LogP contribution >= 0.6 is 11.8 Å². The molecule has 1 rings (SSSR count). The summed E-state index contributed by atoms with van der Waals surface area (Å²) in [6.45, 7) is 4.54. The van der Waals surface area contributed by atoms with Crippen molar-refractivity contribution in [3.63, 3.8) is 0 Å². The van der Waals surface area contributed by atoms with Gasteiger partial charge in [0.15, 0.2) is 0 Å². The molecule has 4 heteroatoms. The molecule has 0 fully saturated rings. The van der Waals surface area contributed by atoms with Crippen LogP contribution in [0.5, 0.6) is 0 Å². The van der Waals surface area contributed by atoms with E-state index in [-0.39, 0.29) is 6.42 Å². The summed E-state index contributed by atoms with van der Waals surface area (Å²) in [6, 6.07) is 10.3. The van der Waals surface area contributed by atoms with Crippen molar-refractivity contribution in [3.05, 3.63) is 30.3 Å². The van der Waals surface area contributed by atoms with E-state index in [1.165, 1.54) is 4.90 Å². The highest BCUT2D eigenvalue weighted by molar-refractivity contribution is 7.99. The predicted molar refractivity (Wildman–Crippen MR) is 71.5 cm³/mol. The number of carboxylic acids is 1. The Balaban J connectivity index is 2.21. The fourth-order valence-electron chi connectivity index (χ4n) is 1.49. The normalized spacial score (nSPS) is 10.7. The first kappa shape index (κ1) is 14.1. The lowest BCUT2D eigenvalue weighted by molar-refractivity contribution is -0.137. The van der Waals surface area contributed by atoms with Crippen molar-refractivity contribution in [2.24, 2.45) is 0 Å². The van der Waals surface area contributed by atoms with E-state index in [0.29, 0.717) is 6.54 Å². The standard InChI is InChI=1S/C13H19NO2S/c1-2-14(9-8-13(15)16)10-11-17-12-6-4-3-5-7-12/h3-7H,2,8-11H2,1H3,(H,15,16). The average Bonchev–Trinajstić information content (AvgIpc) is 2.34. The Hall–Kier alpha value is -1.00. The van der Waals surface area contributed by atoms with E-state index >= 15 is 0 Å². The molecule has 1 N–H and O–H groups in total. The first-order valence-electron chi connectivity index (χ1n) is 5.84. The minimum Gasteiger partial charge on any atom is -0.481 e. The minimum absolute atomic E-state index is 0.226. The van der Waals surface area contributed by atoms with Gasteiger partial charge in [0.05, 0.1) is 6.42 Å². The average molecular weight is 253 g/mol. The Kier molecular flexibility index (Phi) is 6.74. The first-order valence-corrected chi connectivity index (χ1v) is 6.83. The number of hydrogen-bond donors (Lipinski definition) is 1. The second-order valence-electron chi connectivity index (χ2n) is 3.74. The van der Waals surface area contributed by atoms with Gasteiger partial charge in [-0.3, -0.25) is 4.79 Å². The topological polar surface area (TPSA) is 40.5 Å². The summed E-state index contributed by atoms with van der Waals surface area (Å²) in [5.74, 6) is 0.274. The zero-order valence-corrected chi connectivity index (χ0v) is 10.9. The molecule has 0 spiro atoms. The SMILES string of the molecule is CCN(CCSc1ccccc1)CCC(=O)O. The highest BCUT2D eigenvalue weighted by Gasteiger charge is 2.05. The molecule has 0 saturated heterocycles. The predicted octanol–water partition coefficient (Wildman–Crippen LogP) is 2.58. The maximum absolute atomic E-state index is 10.5. The van der Waals surface area contributed by atoms with Crippen molar-refractivity contribution < 1.29 is 9.90 Å². The van der Waals surface area contributed by atoms with Gasteiger partial charge in [-0.25, -0.2) is 0 Å². The highest BCUT2D eigenvalue weighted by atomic mass is 32.2. The second-order valence-corrected chi connectivity index (χ2v) is 4.91. The van der Waals surface area contributed by atoms with Crippen LogP contribution in [-0.2, 0) is 4.79 Å². The van der Waals surface area contributed by atoms with Gasteiger partial charge in [-0.15, -0.1) is 11.8 Å². The Morgan fingerprint density at radius 2 is 2.00 bits per heavy atom. The van der Waals surface area contributed by atoms with E-state index in [1.54, 1.807) is 0 Å². The number of carbonyl (C=O) groups is 1. The molecule has 0 heterocycles. The van der Waals surface area contributed by atoms with Gasteiger partial charge in [0, 0.05) is 23.7 Å². The molecule has 0 radical (unpaired) electrons. The maximum atomic E-state index is 10.5. The van der Waals surface area contributed by atoms with Crippen LogP contribution in [0.4, 0.5) is 0 Å². The zero-order valence-electron chi connectivity index (χ0n) is 10.1. The highest BCUT2D eigenvalue weighted by Crippen LogP contribution is 2.16. The minimum atomic E-state index is -0.723. The summed E-state index contributed by atoms with van der Waals surface area (Å²) < 4.78 is 0. The van der Waals surface area contributed by atoms with E-state index in [0.717, 1.165) is 18.8 Å². The summed E-state index contributed by atoms with van der Waals surface area (Å²) in [6.07, 6.45) is 0.226. The molecule has 0 aliphatic rings. The fraction of sp³-hybridized carbons (Fsp3) is 0.462. The van der Waals surface area contributed by atoms with Gasteiger partial charge in [-0.1, -0.05) is 25.1 Å². The number of thioether (sulfide) groups is 1. The molecule has 0 unspecified atom stereocenters. The summed E-state index contributed by atoms with van der Waals surface area (Å²) in [4.78, 5) is 13.9. The Morgan fingerprint density at radius 1 is 1.29 bits per heavy atom. The molecule has 0 saturated carbocycles. The smallest absolute Gasteiger partial charge is 0.304 e. The van der Waals surface area contributed by atoms with Gasteiger partial charge in [0.1, 0.15) is 0 Å². The Bertz CT molecular complexity index is 329. The van der Waals surface area contributed by atoms with Gasteiger partial charge >= 0.3 is 5.97 Å². The van der Waals surface area contributed by atoms with Gasteiger partial charge in [0.2, 0.25) is 0 Å². The van der Waals surface area contributed by atoms with Crippen LogP contribution in [0, 0.1) is 0 Å². The molecular weight excluding hydrogens is 234 g/mol. The van der Waals surface area contributed by atoms with Crippen molar-refractivity contribution in [3.8, 4) is 0 Å². The summed E-state index contributed by atoms with van der Waals surface area (Å²) in [5.41, 5.74) is 0. The third-order valence-electron chi connectivity index (χ3n) is 2.51. The van der Waals surface area contributed by atoms with E-state index < -0.39 is 5.97 Å². The first-order chi connectivity index (χ1) is 8.22. The number of rotatable bonds is 8. The van der Waals surface area contributed by atoms with Crippen LogP contribution in [0.1, 0.15) is 13.3 Å².